The number of hydrogen-bond acceptors (Lipinski definition) is 2. The first-order valence-electron chi connectivity index (χ1n) is 5.33. The van der Waals surface area contributed by atoms with Gasteiger partial charge in [0.15, 0.2) is 12.3 Å². The van der Waals surface area contributed by atoms with Gasteiger partial charge in [-0.1, -0.05) is 11.6 Å². The van der Waals surface area contributed by atoms with Gasteiger partial charge < -0.3 is 9.73 Å². The number of furan rings is 1. The fourth-order valence-corrected chi connectivity index (χ4v) is 1.66. The van der Waals surface area contributed by atoms with Crippen LogP contribution in [0.15, 0.2) is 40.8 Å². The minimum Gasteiger partial charge on any atom is -0.455 e. The van der Waals surface area contributed by atoms with E-state index in [1.54, 1.807) is 0 Å². The maximum Gasteiger partial charge on any atom is 0.163 e. The van der Waals surface area contributed by atoms with Crippen LogP contribution in [0.25, 0.3) is 11.3 Å². The minimum absolute atomic E-state index is 0.441. The lowest BCUT2D eigenvalue weighted by molar-refractivity contribution is -0.662. The molecule has 0 atom stereocenters. The Labute approximate surface area is 105 Å². The predicted octanol–water partition coefficient (Wildman–Crippen LogP) is 2.19. The molecule has 0 amide bonds. The van der Waals surface area contributed by atoms with E-state index in [-0.39, 0.29) is 0 Å². The number of quaternary nitrogens is 1. The monoisotopic (exact) mass is 247 g/mol. The number of nitrogens with zero attached hydrogens (tertiary/aromatic N) is 1. The smallest absolute Gasteiger partial charge is 0.163 e. The SMILES string of the molecule is N#CC[NH2+]Cc1ccc(-c2ccc(Cl)cc2)o1. The molecule has 0 saturated heterocycles. The van der Waals surface area contributed by atoms with Crippen molar-refractivity contribution in [3.8, 4) is 17.4 Å². The Morgan fingerprint density at radius 3 is 2.65 bits per heavy atom. The Morgan fingerprint density at radius 2 is 1.94 bits per heavy atom. The first kappa shape index (κ1) is 11.7. The summed E-state index contributed by atoms with van der Waals surface area (Å²) in [7, 11) is 0. The highest BCUT2D eigenvalue weighted by Gasteiger charge is 2.05. The van der Waals surface area contributed by atoms with Crippen LogP contribution in [-0.4, -0.2) is 6.54 Å². The molecule has 1 aromatic carbocycles. The normalized spacial score (nSPS) is 10.1. The number of nitrogens with two attached hydrogens (primary N) is 1. The van der Waals surface area contributed by atoms with Crippen LogP contribution in [0.5, 0.6) is 0 Å². The number of nitriles is 1. The molecule has 0 radical (unpaired) electrons. The van der Waals surface area contributed by atoms with Gasteiger partial charge in [0, 0.05) is 10.6 Å². The molecule has 2 rings (SSSR count). The van der Waals surface area contributed by atoms with Crippen LogP contribution in [0.1, 0.15) is 5.76 Å². The molecule has 0 aliphatic carbocycles. The molecule has 0 unspecified atom stereocenters. The second-order valence-corrected chi connectivity index (χ2v) is 4.06. The highest BCUT2D eigenvalue weighted by Crippen LogP contribution is 2.23. The van der Waals surface area contributed by atoms with E-state index >= 15 is 0 Å². The number of hydrogen-bond donors (Lipinski definition) is 1. The van der Waals surface area contributed by atoms with Gasteiger partial charge in [-0.15, -0.1) is 0 Å². The molecule has 0 fully saturated rings. The van der Waals surface area contributed by atoms with Crippen molar-refractivity contribution in [3.05, 3.63) is 47.2 Å². The zero-order valence-corrected chi connectivity index (χ0v) is 9.95. The van der Waals surface area contributed by atoms with Gasteiger partial charge in [0.05, 0.1) is 0 Å². The van der Waals surface area contributed by atoms with E-state index in [2.05, 4.69) is 6.07 Å². The molecule has 0 spiro atoms. The maximum absolute atomic E-state index is 8.43. The van der Waals surface area contributed by atoms with Crippen molar-refractivity contribution in [2.45, 2.75) is 6.54 Å². The highest BCUT2D eigenvalue weighted by atomic mass is 35.5. The summed E-state index contributed by atoms with van der Waals surface area (Å²) >= 11 is 5.82. The second kappa shape index (κ2) is 5.53. The van der Waals surface area contributed by atoms with E-state index in [9.17, 15) is 0 Å². The Morgan fingerprint density at radius 1 is 1.18 bits per heavy atom. The van der Waals surface area contributed by atoms with Gasteiger partial charge in [0.1, 0.15) is 18.4 Å². The molecular weight excluding hydrogens is 236 g/mol. The van der Waals surface area contributed by atoms with Gasteiger partial charge in [-0.25, -0.2) is 0 Å². The summed E-state index contributed by atoms with van der Waals surface area (Å²) in [5.74, 6) is 1.69. The van der Waals surface area contributed by atoms with Crippen LogP contribution in [0.4, 0.5) is 0 Å². The van der Waals surface area contributed by atoms with E-state index in [1.165, 1.54) is 0 Å². The van der Waals surface area contributed by atoms with E-state index in [1.807, 2.05) is 41.7 Å². The van der Waals surface area contributed by atoms with Crippen LogP contribution in [0, 0.1) is 11.3 Å². The standard InChI is InChI=1S/C13H11ClN2O/c14-11-3-1-10(2-4-11)13-6-5-12(17-13)9-16-8-7-15/h1-6,16H,8-9H2/p+1. The van der Waals surface area contributed by atoms with E-state index < -0.39 is 0 Å². The topological polar surface area (TPSA) is 53.5 Å². The molecule has 1 heterocycles. The Hall–Kier alpha value is -1.76. The van der Waals surface area contributed by atoms with Crippen molar-refractivity contribution < 1.29 is 9.73 Å². The summed E-state index contributed by atoms with van der Waals surface area (Å²) in [5.41, 5.74) is 1.00. The molecule has 1 aromatic heterocycles. The van der Waals surface area contributed by atoms with Crippen molar-refractivity contribution in [2.75, 3.05) is 6.54 Å². The molecule has 4 heteroatoms. The summed E-state index contributed by atoms with van der Waals surface area (Å²) in [5, 5.41) is 11.0. The molecule has 0 bridgehead atoms. The van der Waals surface area contributed by atoms with Crippen molar-refractivity contribution in [2.24, 2.45) is 0 Å². The van der Waals surface area contributed by atoms with Crippen molar-refractivity contribution in [1.29, 1.82) is 5.26 Å². The average molecular weight is 248 g/mol. The van der Waals surface area contributed by atoms with Gasteiger partial charge >= 0.3 is 0 Å². The Kier molecular flexibility index (Phi) is 3.81. The molecule has 0 saturated carbocycles. The molecule has 0 aliphatic rings. The van der Waals surface area contributed by atoms with E-state index in [0.717, 1.165) is 17.1 Å². The molecule has 86 valence electrons. The van der Waals surface area contributed by atoms with Gasteiger partial charge in [0.25, 0.3) is 0 Å². The highest BCUT2D eigenvalue weighted by molar-refractivity contribution is 6.30. The predicted molar refractivity (Wildman–Crippen MR) is 65.3 cm³/mol. The van der Waals surface area contributed by atoms with Crippen molar-refractivity contribution in [1.82, 2.24) is 0 Å². The first-order valence-corrected chi connectivity index (χ1v) is 5.70. The zero-order valence-electron chi connectivity index (χ0n) is 9.19. The van der Waals surface area contributed by atoms with Gasteiger partial charge in [-0.05, 0) is 36.4 Å². The number of benzene rings is 1. The van der Waals surface area contributed by atoms with E-state index in [0.29, 0.717) is 18.1 Å². The maximum atomic E-state index is 8.43. The van der Waals surface area contributed by atoms with Crippen LogP contribution in [-0.2, 0) is 6.54 Å². The Bertz CT molecular complexity index is 525. The number of halogens is 1. The summed E-state index contributed by atoms with van der Waals surface area (Å²) in [6.07, 6.45) is 0. The average Bonchev–Trinajstić information content (AvgIpc) is 2.79. The first-order chi connectivity index (χ1) is 8.29. The quantitative estimate of drug-likeness (QED) is 0.665. The Balaban J connectivity index is 2.08. The fraction of sp³-hybridized carbons (Fsp3) is 0.154. The third kappa shape index (κ3) is 3.10. The third-order valence-electron chi connectivity index (χ3n) is 2.37. The molecule has 3 nitrogen and oxygen atoms in total. The van der Waals surface area contributed by atoms with Crippen LogP contribution in [0.3, 0.4) is 0 Å². The molecule has 0 aliphatic heterocycles. The summed E-state index contributed by atoms with van der Waals surface area (Å²) in [6, 6.07) is 13.4. The van der Waals surface area contributed by atoms with E-state index in [4.69, 9.17) is 21.3 Å². The third-order valence-corrected chi connectivity index (χ3v) is 2.62. The van der Waals surface area contributed by atoms with Crippen molar-refractivity contribution >= 4 is 11.6 Å². The van der Waals surface area contributed by atoms with Crippen LogP contribution >= 0.6 is 11.6 Å². The van der Waals surface area contributed by atoms with Gasteiger partial charge in [0.2, 0.25) is 0 Å². The van der Waals surface area contributed by atoms with Gasteiger partial charge in [-0.3, -0.25) is 0 Å². The molecule has 2 aromatic rings. The summed E-state index contributed by atoms with van der Waals surface area (Å²) < 4.78 is 5.67. The summed E-state index contributed by atoms with van der Waals surface area (Å²) in [4.78, 5) is 0. The van der Waals surface area contributed by atoms with Gasteiger partial charge in [-0.2, -0.15) is 5.26 Å². The van der Waals surface area contributed by atoms with Crippen LogP contribution < -0.4 is 5.32 Å². The molecule has 17 heavy (non-hydrogen) atoms. The zero-order chi connectivity index (χ0) is 12.1. The molecular formula is C13H12ClN2O+. The van der Waals surface area contributed by atoms with Crippen LogP contribution in [0.2, 0.25) is 5.02 Å². The minimum atomic E-state index is 0.441. The lowest BCUT2D eigenvalue weighted by atomic mass is 10.2. The summed E-state index contributed by atoms with van der Waals surface area (Å²) in [6.45, 7) is 1.12. The molecule has 2 N–H and O–H groups in total. The number of rotatable bonds is 4. The van der Waals surface area contributed by atoms with Crippen molar-refractivity contribution in [3.63, 3.8) is 0 Å². The largest absolute Gasteiger partial charge is 0.455 e. The fourth-order valence-electron chi connectivity index (χ4n) is 1.54. The second-order valence-electron chi connectivity index (χ2n) is 3.63. The lowest BCUT2D eigenvalue weighted by Gasteiger charge is -1.97. The lowest BCUT2D eigenvalue weighted by Crippen LogP contribution is -2.82.